The lowest BCUT2D eigenvalue weighted by molar-refractivity contribution is -0.122. The normalized spacial score (nSPS) is 18.0. The third-order valence-corrected chi connectivity index (χ3v) is 8.39. The van der Waals surface area contributed by atoms with Crippen LogP contribution in [0.2, 0.25) is 0 Å². The van der Waals surface area contributed by atoms with E-state index in [4.69, 9.17) is 19.6 Å². The minimum absolute atomic E-state index is 0.0103. The van der Waals surface area contributed by atoms with Crippen LogP contribution in [0.5, 0.6) is 0 Å². The number of nitrogens with zero attached hydrogens (tertiary/aromatic N) is 2. The first-order valence-corrected chi connectivity index (χ1v) is 13.8. The molecule has 11 heteroatoms. The number of aromatic nitrogens is 2. The van der Waals surface area contributed by atoms with Crippen molar-refractivity contribution in [3.8, 4) is 11.3 Å². The second-order valence-electron chi connectivity index (χ2n) is 9.75. The van der Waals surface area contributed by atoms with Crippen molar-refractivity contribution < 1.29 is 24.2 Å². The first kappa shape index (κ1) is 26.8. The number of fused-ring (bicyclic) bond motifs is 3. The minimum Gasteiger partial charge on any atom is -0.483 e. The molecule has 2 amide bonds. The first-order valence-electron chi connectivity index (χ1n) is 12.9. The van der Waals surface area contributed by atoms with Gasteiger partial charge in [0.2, 0.25) is 0 Å². The molecule has 2 aromatic heterocycles. The van der Waals surface area contributed by atoms with E-state index in [0.717, 1.165) is 65.2 Å². The zero-order valence-corrected chi connectivity index (χ0v) is 22.4. The van der Waals surface area contributed by atoms with E-state index >= 15 is 0 Å². The van der Waals surface area contributed by atoms with Gasteiger partial charge in [0.05, 0.1) is 27.6 Å². The van der Waals surface area contributed by atoms with Gasteiger partial charge in [0.25, 0.3) is 18.3 Å². The summed E-state index contributed by atoms with van der Waals surface area (Å²) in [5, 5.41) is 16.0. The fourth-order valence-electron chi connectivity index (χ4n) is 5.32. The van der Waals surface area contributed by atoms with E-state index in [1.54, 1.807) is 30.5 Å². The van der Waals surface area contributed by atoms with Gasteiger partial charge in [-0.15, -0.1) is 0 Å². The lowest BCUT2D eigenvalue weighted by Gasteiger charge is -2.33. The molecule has 2 aliphatic rings. The highest BCUT2D eigenvalue weighted by molar-refractivity contribution is 7.23. The van der Waals surface area contributed by atoms with Crippen LogP contribution in [0.25, 0.3) is 26.4 Å². The summed E-state index contributed by atoms with van der Waals surface area (Å²) in [5.74, 6) is -0.186. The molecule has 1 atom stereocenters. The molecule has 2 fully saturated rings. The van der Waals surface area contributed by atoms with E-state index in [1.807, 2.05) is 36.5 Å². The van der Waals surface area contributed by atoms with Crippen molar-refractivity contribution in [1.82, 2.24) is 25.3 Å². The smallest absolute Gasteiger partial charge is 0.290 e. The highest BCUT2D eigenvalue weighted by Gasteiger charge is 2.40. The van der Waals surface area contributed by atoms with Gasteiger partial charge in [-0.05, 0) is 69.1 Å². The number of hydrogen-bond donors (Lipinski definition) is 4. The van der Waals surface area contributed by atoms with Crippen molar-refractivity contribution in [2.45, 2.75) is 37.4 Å². The molecule has 39 heavy (non-hydrogen) atoms. The first-order chi connectivity index (χ1) is 18.9. The number of hydrogen-bond acceptors (Lipinski definition) is 7. The molecule has 0 bridgehead atoms. The predicted molar refractivity (Wildman–Crippen MR) is 149 cm³/mol. The largest absolute Gasteiger partial charge is 0.483 e. The molecule has 0 saturated carbocycles. The lowest BCUT2D eigenvalue weighted by Crippen LogP contribution is -2.43. The Morgan fingerprint density at radius 2 is 1.87 bits per heavy atom. The molecule has 4 N–H and O–H groups in total. The van der Waals surface area contributed by atoms with Gasteiger partial charge in [0.1, 0.15) is 0 Å². The monoisotopic (exact) mass is 549 g/mol. The summed E-state index contributed by atoms with van der Waals surface area (Å²) < 4.78 is 9.42. The molecule has 204 valence electrons. The molecule has 2 aliphatic heterocycles. The Labute approximate surface area is 229 Å². The Balaban J connectivity index is 0.000000983. The van der Waals surface area contributed by atoms with Gasteiger partial charge in [0.15, 0.2) is 4.96 Å². The average molecular weight is 550 g/mol. The van der Waals surface area contributed by atoms with Crippen molar-refractivity contribution in [3.63, 3.8) is 0 Å². The topological polar surface area (TPSA) is 134 Å². The van der Waals surface area contributed by atoms with Gasteiger partial charge >= 0.3 is 0 Å². The summed E-state index contributed by atoms with van der Waals surface area (Å²) in [6.45, 7) is 2.31. The van der Waals surface area contributed by atoms with Gasteiger partial charge in [-0.1, -0.05) is 23.5 Å². The number of thiazole rings is 1. The third kappa shape index (κ3) is 5.65. The Kier molecular flexibility index (Phi) is 7.92. The Hall–Kier alpha value is -3.80. The fourth-order valence-corrected chi connectivity index (χ4v) is 6.36. The summed E-state index contributed by atoms with van der Waals surface area (Å²) in [6, 6.07) is 13.2. The Morgan fingerprint density at radius 3 is 2.59 bits per heavy atom. The lowest BCUT2D eigenvalue weighted by atomic mass is 9.89. The minimum atomic E-state index is -0.250. The van der Waals surface area contributed by atoms with Crippen LogP contribution in [0.3, 0.4) is 0 Å². The second-order valence-corrected chi connectivity index (χ2v) is 10.8. The van der Waals surface area contributed by atoms with Gasteiger partial charge in [-0.2, -0.15) is 0 Å². The molecular weight excluding hydrogens is 518 g/mol. The summed E-state index contributed by atoms with van der Waals surface area (Å²) in [4.78, 5) is 38.7. The number of benzene rings is 2. The molecule has 0 aliphatic carbocycles. The molecule has 4 aromatic rings. The van der Waals surface area contributed by atoms with Gasteiger partial charge in [-0.25, -0.2) is 4.98 Å². The second kappa shape index (κ2) is 11.5. The summed E-state index contributed by atoms with van der Waals surface area (Å²) in [7, 11) is 1.62. The SMILES string of the molecule is CNC(=O)c1ccc(-c2cn3c(n2)sc2cc(C(=O)NCC4CCC5(CCNCC5)O4)ccc23)cc1.O=CO. The molecule has 10 nitrogen and oxygen atoms in total. The van der Waals surface area contributed by atoms with Gasteiger partial charge < -0.3 is 25.8 Å². The van der Waals surface area contributed by atoms with Crippen LogP contribution >= 0.6 is 11.3 Å². The summed E-state index contributed by atoms with van der Waals surface area (Å²) in [5.41, 5.74) is 4.07. The number of piperidine rings is 1. The van der Waals surface area contributed by atoms with Crippen LogP contribution in [-0.4, -0.2) is 71.2 Å². The number of carboxylic acid groups (broad SMARTS) is 1. The van der Waals surface area contributed by atoms with E-state index < -0.39 is 0 Å². The van der Waals surface area contributed by atoms with Crippen molar-refractivity contribution in [2.75, 3.05) is 26.7 Å². The molecule has 4 heterocycles. The number of carbonyl (C=O) groups excluding carboxylic acids is 2. The predicted octanol–water partition coefficient (Wildman–Crippen LogP) is 3.31. The van der Waals surface area contributed by atoms with E-state index in [9.17, 15) is 9.59 Å². The van der Waals surface area contributed by atoms with Gasteiger partial charge in [-0.3, -0.25) is 18.8 Å². The van der Waals surface area contributed by atoms with Crippen LogP contribution in [-0.2, 0) is 9.53 Å². The highest BCUT2D eigenvalue weighted by atomic mass is 32.1. The van der Waals surface area contributed by atoms with Crippen LogP contribution in [0.4, 0.5) is 0 Å². The molecule has 1 spiro atoms. The number of rotatable bonds is 5. The van der Waals surface area contributed by atoms with E-state index in [1.165, 1.54) is 0 Å². The standard InChI is InChI=1S/C27H29N5O3S.CH2O2/c1-28-24(33)18-4-2-17(3-5-18)21-16-32-22-7-6-19(14-23(22)36-26(32)31-21)25(34)30-15-20-8-9-27(35-20)10-12-29-13-11-27;2-1-3/h2-7,14,16,20,29H,8-13,15H2,1H3,(H,28,33)(H,30,34);1H,(H,2,3). The molecule has 2 aromatic carbocycles. The molecule has 0 radical (unpaired) electrons. The van der Waals surface area contributed by atoms with Crippen LogP contribution in [0, 0.1) is 0 Å². The van der Waals surface area contributed by atoms with E-state index in [0.29, 0.717) is 17.7 Å². The summed E-state index contributed by atoms with van der Waals surface area (Å²) in [6.07, 6.45) is 6.27. The maximum atomic E-state index is 12.9. The summed E-state index contributed by atoms with van der Waals surface area (Å²) >= 11 is 1.56. The average Bonchev–Trinajstić information content (AvgIpc) is 3.65. The number of imidazole rings is 1. The van der Waals surface area contributed by atoms with Crippen LogP contribution < -0.4 is 16.0 Å². The number of ether oxygens (including phenoxy) is 1. The maximum Gasteiger partial charge on any atom is 0.290 e. The molecule has 1 unspecified atom stereocenters. The van der Waals surface area contributed by atoms with Crippen molar-refractivity contribution in [2.24, 2.45) is 0 Å². The Bertz CT molecular complexity index is 1490. The molecule has 2 saturated heterocycles. The number of carbonyl (C=O) groups is 3. The zero-order valence-electron chi connectivity index (χ0n) is 21.6. The van der Waals surface area contributed by atoms with E-state index in [-0.39, 0.29) is 30.0 Å². The van der Waals surface area contributed by atoms with E-state index in [2.05, 4.69) is 20.4 Å². The van der Waals surface area contributed by atoms with Crippen LogP contribution in [0.15, 0.2) is 48.7 Å². The fraction of sp³-hybridized carbons (Fsp3) is 0.357. The zero-order chi connectivity index (χ0) is 27.4. The quantitative estimate of drug-likeness (QED) is 0.281. The highest BCUT2D eigenvalue weighted by Crippen LogP contribution is 2.37. The van der Waals surface area contributed by atoms with Crippen LogP contribution in [0.1, 0.15) is 46.4 Å². The third-order valence-electron chi connectivity index (χ3n) is 7.37. The maximum absolute atomic E-state index is 12.9. The van der Waals surface area contributed by atoms with Crippen molar-refractivity contribution in [3.05, 3.63) is 59.8 Å². The van der Waals surface area contributed by atoms with Crippen molar-refractivity contribution >= 4 is 44.8 Å². The molecular formula is C28H31N5O5S. The molecule has 6 rings (SSSR count). The van der Waals surface area contributed by atoms with Gasteiger partial charge in [0, 0.05) is 36.5 Å². The van der Waals surface area contributed by atoms with Crippen molar-refractivity contribution in [1.29, 1.82) is 0 Å². The number of amides is 2. The Morgan fingerprint density at radius 1 is 1.15 bits per heavy atom. The number of nitrogens with one attached hydrogen (secondary N) is 3.